The molecule has 1 aliphatic rings. The zero-order valence-electron chi connectivity index (χ0n) is 12.5. The molecule has 1 saturated heterocycles. The largest absolute Gasteiger partial charge is 0.379 e. The quantitative estimate of drug-likeness (QED) is 0.818. The van der Waals surface area contributed by atoms with E-state index < -0.39 is 0 Å². The topological polar surface area (TPSA) is 44.9 Å². The fourth-order valence-electron chi connectivity index (χ4n) is 3.07. The molecule has 0 amide bonds. The van der Waals surface area contributed by atoms with E-state index in [1.165, 1.54) is 0 Å². The molecule has 2 aromatic heterocycles. The number of ether oxygens (including phenoxy) is 1. The molecule has 3 heterocycles. The van der Waals surface area contributed by atoms with Crippen molar-refractivity contribution >= 4 is 22.8 Å². The molecule has 0 spiro atoms. The summed E-state index contributed by atoms with van der Waals surface area (Å²) in [6, 6.07) is 0. The number of aromatic nitrogens is 4. The zero-order chi connectivity index (χ0) is 14.5. The Morgan fingerprint density at radius 2 is 2.25 bits per heavy atom. The highest BCUT2D eigenvalue weighted by atomic mass is 35.5. The summed E-state index contributed by atoms with van der Waals surface area (Å²) >= 11 is 6.37. The van der Waals surface area contributed by atoms with Gasteiger partial charge in [-0.15, -0.1) is 11.6 Å². The van der Waals surface area contributed by atoms with E-state index in [2.05, 4.69) is 23.5 Å². The first kappa shape index (κ1) is 13.9. The maximum Gasteiger partial charge on any atom is 0.159 e. The van der Waals surface area contributed by atoms with Gasteiger partial charge in [0, 0.05) is 13.7 Å². The van der Waals surface area contributed by atoms with Crippen LogP contribution in [-0.4, -0.2) is 32.5 Å². The van der Waals surface area contributed by atoms with Crippen LogP contribution in [-0.2, 0) is 23.7 Å². The minimum atomic E-state index is -0.135. The van der Waals surface area contributed by atoms with Crippen LogP contribution in [0.2, 0.25) is 0 Å². The van der Waals surface area contributed by atoms with Crippen molar-refractivity contribution in [1.82, 2.24) is 19.3 Å². The van der Waals surface area contributed by atoms with Crippen LogP contribution >= 0.6 is 11.6 Å². The normalized spacial score (nSPS) is 24.6. The molecular formula is C14H21ClN4O. The smallest absolute Gasteiger partial charge is 0.159 e. The molecule has 0 aliphatic carbocycles. The van der Waals surface area contributed by atoms with Gasteiger partial charge >= 0.3 is 0 Å². The van der Waals surface area contributed by atoms with Gasteiger partial charge in [-0.25, -0.2) is 4.98 Å². The molecule has 0 N–H and O–H groups in total. The van der Waals surface area contributed by atoms with Crippen LogP contribution in [0, 0.1) is 0 Å². The first-order valence-corrected chi connectivity index (χ1v) is 7.58. The third-order valence-electron chi connectivity index (χ3n) is 4.16. The van der Waals surface area contributed by atoms with Gasteiger partial charge in [0.15, 0.2) is 5.65 Å². The standard InChI is InChI=1S/C14H21ClN4O/c1-5-10-11-13(18(4)17-10)19(12(16-11)9(2)15)14(3)6-7-20-8-14/h9H,5-8H2,1-4H3. The van der Waals surface area contributed by atoms with Gasteiger partial charge < -0.3 is 9.30 Å². The fourth-order valence-corrected chi connectivity index (χ4v) is 3.21. The van der Waals surface area contributed by atoms with Crippen molar-refractivity contribution in [3.63, 3.8) is 0 Å². The summed E-state index contributed by atoms with van der Waals surface area (Å²) in [5, 5.41) is 4.45. The molecule has 3 rings (SSSR count). The maximum atomic E-state index is 6.37. The summed E-state index contributed by atoms with van der Waals surface area (Å²) in [6.45, 7) is 7.76. The number of rotatable bonds is 3. The van der Waals surface area contributed by atoms with Gasteiger partial charge in [0.2, 0.25) is 0 Å². The second-order valence-corrected chi connectivity index (χ2v) is 6.47. The van der Waals surface area contributed by atoms with Gasteiger partial charge in [-0.2, -0.15) is 5.10 Å². The Balaban J connectivity index is 2.32. The molecule has 0 radical (unpaired) electrons. The summed E-state index contributed by atoms with van der Waals surface area (Å²) in [5.41, 5.74) is 2.97. The van der Waals surface area contributed by atoms with E-state index in [1.54, 1.807) is 0 Å². The zero-order valence-corrected chi connectivity index (χ0v) is 13.2. The Bertz CT molecular complexity index is 637. The Hall–Kier alpha value is -1.07. The number of aryl methyl sites for hydroxylation is 2. The van der Waals surface area contributed by atoms with Gasteiger partial charge in [0.1, 0.15) is 11.3 Å². The van der Waals surface area contributed by atoms with Crippen molar-refractivity contribution in [3.8, 4) is 0 Å². The Morgan fingerprint density at radius 1 is 1.50 bits per heavy atom. The average molecular weight is 297 g/mol. The lowest BCUT2D eigenvalue weighted by atomic mass is 10.0. The first-order chi connectivity index (χ1) is 9.48. The van der Waals surface area contributed by atoms with Crippen molar-refractivity contribution in [2.75, 3.05) is 13.2 Å². The number of hydrogen-bond acceptors (Lipinski definition) is 3. The Morgan fingerprint density at radius 3 is 2.80 bits per heavy atom. The minimum Gasteiger partial charge on any atom is -0.379 e. The molecule has 20 heavy (non-hydrogen) atoms. The molecule has 6 heteroatoms. The SMILES string of the molecule is CCc1nn(C)c2c1nc(C(C)Cl)n2C1(C)CCOC1. The number of imidazole rings is 1. The lowest BCUT2D eigenvalue weighted by Gasteiger charge is -2.27. The summed E-state index contributed by atoms with van der Waals surface area (Å²) in [5.74, 6) is 0.914. The number of alkyl halides is 1. The van der Waals surface area contributed by atoms with Crippen LogP contribution in [0.3, 0.4) is 0 Å². The lowest BCUT2D eigenvalue weighted by Crippen LogP contribution is -2.33. The molecule has 2 atom stereocenters. The monoisotopic (exact) mass is 296 g/mol. The molecule has 1 fully saturated rings. The molecule has 2 unspecified atom stereocenters. The molecule has 0 aromatic carbocycles. The van der Waals surface area contributed by atoms with Crippen LogP contribution in [0.5, 0.6) is 0 Å². The van der Waals surface area contributed by atoms with Gasteiger partial charge in [0.05, 0.1) is 23.2 Å². The van der Waals surface area contributed by atoms with Crippen LogP contribution in [0.15, 0.2) is 0 Å². The van der Waals surface area contributed by atoms with E-state index in [0.29, 0.717) is 6.61 Å². The maximum absolute atomic E-state index is 6.37. The van der Waals surface area contributed by atoms with Crippen LogP contribution in [0.1, 0.15) is 44.1 Å². The Labute approximate surface area is 123 Å². The predicted octanol–water partition coefficient (Wildman–Crippen LogP) is 2.77. The van der Waals surface area contributed by atoms with E-state index in [-0.39, 0.29) is 10.9 Å². The van der Waals surface area contributed by atoms with E-state index in [0.717, 1.165) is 42.1 Å². The second-order valence-electron chi connectivity index (χ2n) is 5.82. The van der Waals surface area contributed by atoms with Crippen LogP contribution < -0.4 is 0 Å². The fraction of sp³-hybridized carbons (Fsp3) is 0.714. The number of fused-ring (bicyclic) bond motifs is 1. The number of halogens is 1. The van der Waals surface area contributed by atoms with Crippen LogP contribution in [0.4, 0.5) is 0 Å². The van der Waals surface area contributed by atoms with Crippen molar-refractivity contribution < 1.29 is 4.74 Å². The number of hydrogen-bond donors (Lipinski definition) is 0. The van der Waals surface area contributed by atoms with Gasteiger partial charge in [-0.05, 0) is 26.7 Å². The first-order valence-electron chi connectivity index (χ1n) is 7.14. The predicted molar refractivity (Wildman–Crippen MR) is 79.2 cm³/mol. The van der Waals surface area contributed by atoms with E-state index in [9.17, 15) is 0 Å². The van der Waals surface area contributed by atoms with Crippen molar-refractivity contribution in [2.24, 2.45) is 7.05 Å². The van der Waals surface area contributed by atoms with Crippen molar-refractivity contribution in [3.05, 3.63) is 11.5 Å². The van der Waals surface area contributed by atoms with Gasteiger partial charge in [0.25, 0.3) is 0 Å². The molecule has 1 aliphatic heterocycles. The summed E-state index contributed by atoms with van der Waals surface area (Å²) in [4.78, 5) is 4.79. The average Bonchev–Trinajstić information content (AvgIpc) is 3.05. The van der Waals surface area contributed by atoms with Gasteiger partial charge in [-0.1, -0.05) is 6.92 Å². The van der Waals surface area contributed by atoms with E-state index in [1.807, 2.05) is 18.7 Å². The number of nitrogens with zero attached hydrogens (tertiary/aromatic N) is 4. The molecule has 0 saturated carbocycles. The highest BCUT2D eigenvalue weighted by Gasteiger charge is 2.37. The lowest BCUT2D eigenvalue weighted by molar-refractivity contribution is 0.161. The van der Waals surface area contributed by atoms with E-state index >= 15 is 0 Å². The molecular weight excluding hydrogens is 276 g/mol. The third kappa shape index (κ3) is 1.87. The third-order valence-corrected chi connectivity index (χ3v) is 4.35. The molecule has 0 bridgehead atoms. The molecule has 2 aromatic rings. The highest BCUT2D eigenvalue weighted by molar-refractivity contribution is 6.20. The molecule has 5 nitrogen and oxygen atoms in total. The highest BCUT2D eigenvalue weighted by Crippen LogP contribution is 2.36. The van der Waals surface area contributed by atoms with Gasteiger partial charge in [-0.3, -0.25) is 4.68 Å². The van der Waals surface area contributed by atoms with Crippen molar-refractivity contribution in [1.29, 1.82) is 0 Å². The van der Waals surface area contributed by atoms with Crippen LogP contribution in [0.25, 0.3) is 11.2 Å². The summed E-state index contributed by atoms with van der Waals surface area (Å²) in [7, 11) is 1.97. The Kier molecular flexibility index (Phi) is 3.29. The summed E-state index contributed by atoms with van der Waals surface area (Å²) < 4.78 is 9.79. The van der Waals surface area contributed by atoms with Crippen molar-refractivity contribution in [2.45, 2.75) is 44.5 Å². The minimum absolute atomic E-state index is 0.0912. The molecule has 110 valence electrons. The van der Waals surface area contributed by atoms with E-state index in [4.69, 9.17) is 21.3 Å². The second kappa shape index (κ2) is 4.74. The summed E-state index contributed by atoms with van der Waals surface area (Å²) in [6.07, 6.45) is 1.85.